The summed E-state index contributed by atoms with van der Waals surface area (Å²) in [6.45, 7) is 0. The molecule has 0 amide bonds. The Morgan fingerprint density at radius 3 is 2.27 bits per heavy atom. The molecule has 2 aromatic carbocycles. The van der Waals surface area contributed by atoms with Crippen molar-refractivity contribution in [1.82, 2.24) is 5.06 Å². The molecule has 1 aliphatic heterocycles. The van der Waals surface area contributed by atoms with E-state index in [1.165, 1.54) is 0 Å². The van der Waals surface area contributed by atoms with Gasteiger partial charge in [0.1, 0.15) is 5.70 Å². The topological polar surface area (TPSA) is 51.4 Å². The van der Waals surface area contributed by atoms with Gasteiger partial charge in [0.2, 0.25) is 0 Å². The van der Waals surface area contributed by atoms with Crippen LogP contribution in [0.1, 0.15) is 17.3 Å². The van der Waals surface area contributed by atoms with Crippen LogP contribution in [0.25, 0.3) is 5.70 Å². The Kier molecular flexibility index (Phi) is 3.89. The van der Waals surface area contributed by atoms with Crippen molar-refractivity contribution in [1.29, 1.82) is 0 Å². The molecule has 1 aliphatic rings. The van der Waals surface area contributed by atoms with Gasteiger partial charge in [0.05, 0.1) is 6.20 Å². The largest absolute Gasteiger partial charge is 0.378 e. The van der Waals surface area contributed by atoms with Gasteiger partial charge >= 0.3 is 0 Å². The molecule has 1 atom stereocenters. The quantitative estimate of drug-likeness (QED) is 0.933. The number of azo groups is 1. The predicted octanol–water partition coefficient (Wildman–Crippen LogP) is 3.91. The smallest absolute Gasteiger partial charge is 0.191 e. The van der Waals surface area contributed by atoms with Gasteiger partial charge in [-0.1, -0.05) is 42.5 Å². The zero-order valence-electron chi connectivity index (χ0n) is 12.6. The van der Waals surface area contributed by atoms with Gasteiger partial charge in [-0.15, -0.1) is 0 Å². The Hall–Kier alpha value is -2.66. The lowest BCUT2D eigenvalue weighted by molar-refractivity contribution is -0.0821. The van der Waals surface area contributed by atoms with Crippen LogP contribution >= 0.6 is 0 Å². The predicted molar refractivity (Wildman–Crippen MR) is 86.4 cm³/mol. The van der Waals surface area contributed by atoms with E-state index in [9.17, 15) is 5.21 Å². The van der Waals surface area contributed by atoms with E-state index in [1.807, 2.05) is 73.6 Å². The summed E-state index contributed by atoms with van der Waals surface area (Å²) in [5.74, 6) is 0. The van der Waals surface area contributed by atoms with Crippen molar-refractivity contribution in [3.05, 3.63) is 71.9 Å². The van der Waals surface area contributed by atoms with Crippen LogP contribution in [0.15, 0.2) is 71.0 Å². The van der Waals surface area contributed by atoms with Gasteiger partial charge in [-0.2, -0.15) is 10.2 Å². The van der Waals surface area contributed by atoms with Gasteiger partial charge in [0, 0.05) is 30.9 Å². The Bertz CT molecular complexity index is 692. The third kappa shape index (κ3) is 2.84. The highest BCUT2D eigenvalue weighted by molar-refractivity contribution is 5.64. The molecular formula is C17H18N4O. The molecule has 1 heterocycles. The van der Waals surface area contributed by atoms with Crippen molar-refractivity contribution >= 4 is 11.4 Å². The molecule has 0 spiro atoms. The van der Waals surface area contributed by atoms with E-state index < -0.39 is 6.17 Å². The minimum absolute atomic E-state index is 0.510. The van der Waals surface area contributed by atoms with Crippen molar-refractivity contribution in [2.24, 2.45) is 10.2 Å². The van der Waals surface area contributed by atoms with Gasteiger partial charge in [-0.3, -0.25) is 5.21 Å². The molecule has 112 valence electrons. The van der Waals surface area contributed by atoms with Crippen LogP contribution in [0.2, 0.25) is 0 Å². The summed E-state index contributed by atoms with van der Waals surface area (Å²) in [6.07, 6.45) is 1.09. The lowest BCUT2D eigenvalue weighted by Gasteiger charge is -2.24. The Morgan fingerprint density at radius 1 is 1.00 bits per heavy atom. The van der Waals surface area contributed by atoms with Crippen LogP contribution in [-0.2, 0) is 0 Å². The number of rotatable bonds is 3. The SMILES string of the molecule is CN(C)c1ccc(C2N=NC(c3ccccc3)=CN2O)cc1. The van der Waals surface area contributed by atoms with Gasteiger partial charge in [0.15, 0.2) is 6.17 Å². The van der Waals surface area contributed by atoms with Crippen LogP contribution in [-0.4, -0.2) is 24.4 Å². The Labute approximate surface area is 129 Å². The molecule has 3 rings (SSSR count). The molecule has 0 fully saturated rings. The van der Waals surface area contributed by atoms with Crippen molar-refractivity contribution < 1.29 is 5.21 Å². The highest BCUT2D eigenvalue weighted by atomic mass is 16.5. The molecule has 0 saturated carbocycles. The van der Waals surface area contributed by atoms with Gasteiger partial charge in [-0.25, -0.2) is 5.06 Å². The number of hydrogen-bond acceptors (Lipinski definition) is 5. The van der Waals surface area contributed by atoms with Crippen LogP contribution in [0.5, 0.6) is 0 Å². The molecule has 2 aromatic rings. The average molecular weight is 294 g/mol. The van der Waals surface area contributed by atoms with Crippen molar-refractivity contribution in [3.8, 4) is 0 Å². The second kappa shape index (κ2) is 5.99. The monoisotopic (exact) mass is 294 g/mol. The zero-order valence-corrected chi connectivity index (χ0v) is 12.6. The minimum Gasteiger partial charge on any atom is -0.378 e. The normalized spacial score (nSPS) is 17.3. The first-order chi connectivity index (χ1) is 10.6. The summed E-state index contributed by atoms with van der Waals surface area (Å²) in [5.41, 5.74) is 3.55. The van der Waals surface area contributed by atoms with E-state index in [-0.39, 0.29) is 0 Å². The molecule has 22 heavy (non-hydrogen) atoms. The third-order valence-electron chi connectivity index (χ3n) is 3.56. The van der Waals surface area contributed by atoms with Crippen molar-refractivity contribution in [2.75, 3.05) is 19.0 Å². The molecule has 0 aliphatic carbocycles. The summed E-state index contributed by atoms with van der Waals surface area (Å²) in [6, 6.07) is 17.6. The highest BCUT2D eigenvalue weighted by Crippen LogP contribution is 2.30. The summed E-state index contributed by atoms with van der Waals surface area (Å²) < 4.78 is 0. The zero-order chi connectivity index (χ0) is 15.5. The maximum absolute atomic E-state index is 10.2. The minimum atomic E-state index is -0.510. The van der Waals surface area contributed by atoms with E-state index in [0.29, 0.717) is 5.70 Å². The standard InChI is InChI=1S/C17H18N4O/c1-20(2)15-10-8-14(9-11-15)17-19-18-16(12-21(17)22)13-6-4-3-5-7-13/h3-12,17,22H,1-2H3. The average Bonchev–Trinajstić information content (AvgIpc) is 2.56. The second-order valence-electron chi connectivity index (χ2n) is 5.34. The van der Waals surface area contributed by atoms with E-state index in [1.54, 1.807) is 6.20 Å². The molecular weight excluding hydrogens is 276 g/mol. The molecule has 1 N–H and O–H groups in total. The Balaban J connectivity index is 1.81. The summed E-state index contributed by atoms with van der Waals surface area (Å²) in [5, 5.41) is 19.8. The van der Waals surface area contributed by atoms with Gasteiger partial charge in [0.25, 0.3) is 0 Å². The van der Waals surface area contributed by atoms with Crippen LogP contribution < -0.4 is 4.90 Å². The summed E-state index contributed by atoms with van der Waals surface area (Å²) in [7, 11) is 3.98. The summed E-state index contributed by atoms with van der Waals surface area (Å²) in [4.78, 5) is 2.02. The second-order valence-corrected chi connectivity index (χ2v) is 5.34. The number of benzene rings is 2. The maximum Gasteiger partial charge on any atom is 0.191 e. The highest BCUT2D eigenvalue weighted by Gasteiger charge is 2.21. The maximum atomic E-state index is 10.2. The fourth-order valence-corrected chi connectivity index (χ4v) is 2.30. The fourth-order valence-electron chi connectivity index (χ4n) is 2.30. The van der Waals surface area contributed by atoms with E-state index in [4.69, 9.17) is 0 Å². The first kappa shape index (κ1) is 14.3. The number of hydrogen-bond donors (Lipinski definition) is 1. The molecule has 0 aromatic heterocycles. The summed E-state index contributed by atoms with van der Waals surface area (Å²) >= 11 is 0. The van der Waals surface area contributed by atoms with Crippen molar-refractivity contribution in [3.63, 3.8) is 0 Å². The molecule has 5 heteroatoms. The molecule has 5 nitrogen and oxygen atoms in total. The number of nitrogens with zero attached hydrogens (tertiary/aromatic N) is 4. The molecule has 0 bridgehead atoms. The van der Waals surface area contributed by atoms with Gasteiger partial charge in [-0.05, 0) is 12.1 Å². The third-order valence-corrected chi connectivity index (χ3v) is 3.56. The first-order valence-corrected chi connectivity index (χ1v) is 7.08. The van der Waals surface area contributed by atoms with E-state index in [0.717, 1.165) is 21.9 Å². The first-order valence-electron chi connectivity index (χ1n) is 7.08. The van der Waals surface area contributed by atoms with E-state index >= 15 is 0 Å². The lowest BCUT2D eigenvalue weighted by Crippen LogP contribution is -2.20. The van der Waals surface area contributed by atoms with Crippen LogP contribution in [0.4, 0.5) is 5.69 Å². The lowest BCUT2D eigenvalue weighted by atomic mass is 10.1. The number of hydroxylamine groups is 2. The van der Waals surface area contributed by atoms with Gasteiger partial charge < -0.3 is 4.90 Å². The van der Waals surface area contributed by atoms with Crippen molar-refractivity contribution in [2.45, 2.75) is 6.17 Å². The fraction of sp³-hybridized carbons (Fsp3) is 0.176. The Morgan fingerprint density at radius 2 is 1.68 bits per heavy atom. The molecule has 0 saturated heterocycles. The molecule has 0 radical (unpaired) electrons. The van der Waals surface area contributed by atoms with E-state index in [2.05, 4.69) is 10.2 Å². The van der Waals surface area contributed by atoms with Crippen LogP contribution in [0, 0.1) is 0 Å². The van der Waals surface area contributed by atoms with Crippen LogP contribution in [0.3, 0.4) is 0 Å². The number of anilines is 1. The molecule has 1 unspecified atom stereocenters.